The Hall–Kier alpha value is -0.610. The molecule has 2 fully saturated rings. The maximum Gasteiger partial charge on any atom is 0.317 e. The number of rotatable bonds is 3. The van der Waals surface area contributed by atoms with E-state index in [0.717, 1.165) is 32.1 Å². The van der Waals surface area contributed by atoms with Crippen molar-refractivity contribution in [3.8, 4) is 0 Å². The Morgan fingerprint density at radius 2 is 1.89 bits per heavy atom. The van der Waals surface area contributed by atoms with Gasteiger partial charge in [0.2, 0.25) is 0 Å². The lowest BCUT2D eigenvalue weighted by Crippen LogP contribution is -2.54. The Morgan fingerprint density at radius 1 is 1.26 bits per heavy atom. The number of piperazine rings is 1. The fraction of sp³-hybridized carbons (Fsp3) is 0.933. The van der Waals surface area contributed by atoms with Gasteiger partial charge in [0.25, 0.3) is 0 Å². The van der Waals surface area contributed by atoms with Crippen molar-refractivity contribution >= 4 is 5.97 Å². The van der Waals surface area contributed by atoms with Crippen LogP contribution in [0, 0.1) is 11.3 Å². The average Bonchev–Trinajstić information content (AvgIpc) is 2.29. The van der Waals surface area contributed by atoms with Crippen LogP contribution in [0.3, 0.4) is 0 Å². The van der Waals surface area contributed by atoms with Crippen LogP contribution in [0.25, 0.3) is 0 Å². The van der Waals surface area contributed by atoms with Gasteiger partial charge in [0.1, 0.15) is 0 Å². The molecule has 0 aromatic rings. The smallest absolute Gasteiger partial charge is 0.317 e. The third-order valence-corrected chi connectivity index (χ3v) is 4.88. The average molecular weight is 268 g/mol. The van der Waals surface area contributed by atoms with Gasteiger partial charge in [0.05, 0.1) is 6.54 Å². The monoisotopic (exact) mass is 268 g/mol. The number of aliphatic carboxylic acids is 1. The predicted octanol–water partition coefficient (Wildman–Crippen LogP) is 1.90. The van der Waals surface area contributed by atoms with Gasteiger partial charge < -0.3 is 5.11 Å². The second kappa shape index (κ2) is 5.80. The van der Waals surface area contributed by atoms with Gasteiger partial charge in [0, 0.05) is 32.2 Å². The second-order valence-corrected chi connectivity index (χ2v) is 7.16. The van der Waals surface area contributed by atoms with E-state index in [1.807, 2.05) is 0 Å². The summed E-state index contributed by atoms with van der Waals surface area (Å²) in [6, 6.07) is 0.708. The molecule has 1 saturated carbocycles. The zero-order chi connectivity index (χ0) is 14.0. The van der Waals surface area contributed by atoms with E-state index in [2.05, 4.69) is 30.6 Å². The van der Waals surface area contributed by atoms with Crippen LogP contribution in [0.5, 0.6) is 0 Å². The largest absolute Gasteiger partial charge is 0.480 e. The molecule has 4 nitrogen and oxygen atoms in total. The van der Waals surface area contributed by atoms with Gasteiger partial charge in [-0.2, -0.15) is 0 Å². The molecular weight excluding hydrogens is 240 g/mol. The number of carboxylic acid groups (broad SMARTS) is 1. The molecule has 1 aliphatic heterocycles. The zero-order valence-electron chi connectivity index (χ0n) is 12.6. The van der Waals surface area contributed by atoms with Crippen LogP contribution in [-0.2, 0) is 4.79 Å². The minimum absolute atomic E-state index is 0.196. The summed E-state index contributed by atoms with van der Waals surface area (Å²) in [6.45, 7) is 11.2. The molecule has 2 unspecified atom stereocenters. The van der Waals surface area contributed by atoms with Crippen LogP contribution >= 0.6 is 0 Å². The van der Waals surface area contributed by atoms with E-state index >= 15 is 0 Å². The minimum atomic E-state index is -0.707. The second-order valence-electron chi connectivity index (χ2n) is 7.16. The summed E-state index contributed by atoms with van der Waals surface area (Å²) >= 11 is 0. The van der Waals surface area contributed by atoms with Gasteiger partial charge in [-0.25, -0.2) is 0 Å². The van der Waals surface area contributed by atoms with Gasteiger partial charge in [-0.05, 0) is 30.6 Å². The van der Waals surface area contributed by atoms with E-state index in [4.69, 9.17) is 5.11 Å². The quantitative estimate of drug-likeness (QED) is 0.849. The normalized spacial score (nSPS) is 33.2. The first kappa shape index (κ1) is 14.8. The van der Waals surface area contributed by atoms with Crippen molar-refractivity contribution in [2.24, 2.45) is 11.3 Å². The summed E-state index contributed by atoms with van der Waals surface area (Å²) in [5, 5.41) is 8.82. The molecule has 0 spiro atoms. The fourth-order valence-electron chi connectivity index (χ4n) is 3.92. The highest BCUT2D eigenvalue weighted by Gasteiger charge is 2.36. The topological polar surface area (TPSA) is 43.8 Å². The first-order valence-electron chi connectivity index (χ1n) is 7.55. The standard InChI is InChI=1S/C15H28N2O2/c1-12-10-15(2,3)5-4-13(12)17-8-6-16(7-9-17)11-14(18)19/h12-13H,4-11H2,1-3H3,(H,18,19). The van der Waals surface area contributed by atoms with Gasteiger partial charge in [0.15, 0.2) is 0 Å². The van der Waals surface area contributed by atoms with Crippen LogP contribution in [0.1, 0.15) is 40.0 Å². The van der Waals surface area contributed by atoms with Crippen molar-refractivity contribution in [1.29, 1.82) is 0 Å². The highest BCUT2D eigenvalue weighted by Crippen LogP contribution is 2.40. The summed E-state index contributed by atoms with van der Waals surface area (Å²) in [4.78, 5) is 15.4. The summed E-state index contributed by atoms with van der Waals surface area (Å²) in [6.07, 6.45) is 3.93. The lowest BCUT2D eigenvalue weighted by atomic mass is 9.70. The number of nitrogens with zero attached hydrogens (tertiary/aromatic N) is 2. The van der Waals surface area contributed by atoms with Crippen LogP contribution in [-0.4, -0.2) is 59.6 Å². The molecule has 19 heavy (non-hydrogen) atoms. The summed E-state index contributed by atoms with van der Waals surface area (Å²) in [5.41, 5.74) is 0.501. The molecule has 2 rings (SSSR count). The Balaban J connectivity index is 1.83. The molecule has 2 atom stereocenters. The molecule has 2 aliphatic rings. The van der Waals surface area contributed by atoms with Crippen molar-refractivity contribution in [3.63, 3.8) is 0 Å². The molecular formula is C15H28N2O2. The lowest BCUT2D eigenvalue weighted by molar-refractivity contribution is -0.138. The van der Waals surface area contributed by atoms with Gasteiger partial charge in [-0.1, -0.05) is 20.8 Å². The van der Waals surface area contributed by atoms with E-state index in [1.54, 1.807) is 0 Å². The maximum atomic E-state index is 10.7. The highest BCUT2D eigenvalue weighted by molar-refractivity contribution is 5.69. The van der Waals surface area contributed by atoms with Crippen LogP contribution in [0.2, 0.25) is 0 Å². The molecule has 0 radical (unpaired) electrons. The maximum absolute atomic E-state index is 10.7. The highest BCUT2D eigenvalue weighted by atomic mass is 16.4. The Bertz CT molecular complexity index is 322. The zero-order valence-corrected chi connectivity index (χ0v) is 12.6. The van der Waals surface area contributed by atoms with Crippen molar-refractivity contribution in [3.05, 3.63) is 0 Å². The molecule has 1 aliphatic carbocycles. The number of carbonyl (C=O) groups is 1. The fourth-order valence-corrected chi connectivity index (χ4v) is 3.92. The molecule has 0 aromatic carbocycles. The molecule has 1 saturated heterocycles. The molecule has 1 heterocycles. The van der Waals surface area contributed by atoms with E-state index in [9.17, 15) is 4.79 Å². The molecule has 0 bridgehead atoms. The van der Waals surface area contributed by atoms with E-state index in [1.165, 1.54) is 19.3 Å². The van der Waals surface area contributed by atoms with Gasteiger partial charge in [-0.3, -0.25) is 14.6 Å². The molecule has 0 amide bonds. The van der Waals surface area contributed by atoms with Crippen LogP contribution < -0.4 is 0 Å². The SMILES string of the molecule is CC1CC(C)(C)CCC1N1CCN(CC(=O)O)CC1. The van der Waals surface area contributed by atoms with Crippen molar-refractivity contribution in [1.82, 2.24) is 9.80 Å². The number of hydrogen-bond acceptors (Lipinski definition) is 3. The summed E-state index contributed by atoms with van der Waals surface area (Å²) in [7, 11) is 0. The van der Waals surface area contributed by atoms with E-state index in [-0.39, 0.29) is 6.54 Å². The van der Waals surface area contributed by atoms with Gasteiger partial charge >= 0.3 is 5.97 Å². The Morgan fingerprint density at radius 3 is 2.42 bits per heavy atom. The lowest BCUT2D eigenvalue weighted by Gasteiger charge is -2.47. The predicted molar refractivity (Wildman–Crippen MR) is 76.2 cm³/mol. The van der Waals surface area contributed by atoms with E-state index < -0.39 is 5.97 Å². The summed E-state index contributed by atoms with van der Waals surface area (Å²) in [5.74, 6) is 0.0519. The van der Waals surface area contributed by atoms with Crippen LogP contribution in [0.15, 0.2) is 0 Å². The Kier molecular flexibility index (Phi) is 4.51. The minimum Gasteiger partial charge on any atom is -0.480 e. The summed E-state index contributed by atoms with van der Waals surface area (Å²) < 4.78 is 0. The Labute approximate surface area is 116 Å². The third kappa shape index (κ3) is 3.93. The first-order valence-corrected chi connectivity index (χ1v) is 7.55. The van der Waals surface area contributed by atoms with Crippen LogP contribution in [0.4, 0.5) is 0 Å². The third-order valence-electron chi connectivity index (χ3n) is 4.88. The molecule has 110 valence electrons. The van der Waals surface area contributed by atoms with Gasteiger partial charge in [-0.15, -0.1) is 0 Å². The number of hydrogen-bond donors (Lipinski definition) is 1. The molecule has 1 N–H and O–H groups in total. The molecule has 4 heteroatoms. The van der Waals surface area contributed by atoms with E-state index in [0.29, 0.717) is 11.5 Å². The van der Waals surface area contributed by atoms with Crippen molar-refractivity contribution in [2.75, 3.05) is 32.7 Å². The molecule has 0 aromatic heterocycles. The van der Waals surface area contributed by atoms with Crippen molar-refractivity contribution in [2.45, 2.75) is 46.1 Å². The first-order chi connectivity index (χ1) is 8.87. The number of carboxylic acids is 1. The van der Waals surface area contributed by atoms with Crippen molar-refractivity contribution < 1.29 is 9.90 Å².